The Bertz CT molecular complexity index is 452. The van der Waals surface area contributed by atoms with Crippen molar-refractivity contribution in [3.63, 3.8) is 0 Å². The molecule has 1 fully saturated rings. The topological polar surface area (TPSA) is 32.3 Å². The molecule has 0 saturated heterocycles. The number of rotatable bonds is 4. The quantitative estimate of drug-likeness (QED) is 0.900. The summed E-state index contributed by atoms with van der Waals surface area (Å²) in [5.41, 5.74) is 2.42. The van der Waals surface area contributed by atoms with E-state index in [0.29, 0.717) is 12.5 Å². The molecule has 0 bridgehead atoms. The lowest BCUT2D eigenvalue weighted by atomic mass is 10.2. The predicted molar refractivity (Wildman–Crippen MR) is 77.4 cm³/mol. The van der Waals surface area contributed by atoms with Crippen LogP contribution in [0, 0.1) is 0 Å². The van der Waals surface area contributed by atoms with Gasteiger partial charge in [-0.25, -0.2) is 0 Å². The summed E-state index contributed by atoms with van der Waals surface area (Å²) in [5.74, 6) is 0.260. The molecule has 3 heteroatoms. The number of anilines is 1. The third-order valence-electron chi connectivity index (χ3n) is 4.32. The van der Waals surface area contributed by atoms with Crippen LogP contribution in [-0.4, -0.2) is 25.0 Å². The minimum Gasteiger partial charge on any atom is -0.313 e. The smallest absolute Gasteiger partial charge is 0.228 e. The van der Waals surface area contributed by atoms with E-state index in [1.54, 1.807) is 0 Å². The number of fused-ring (bicyclic) bond motifs is 1. The summed E-state index contributed by atoms with van der Waals surface area (Å²) in [6.45, 7) is 1.67. The molecule has 3 nitrogen and oxygen atoms in total. The molecule has 0 unspecified atom stereocenters. The summed E-state index contributed by atoms with van der Waals surface area (Å²) >= 11 is 0. The zero-order valence-electron chi connectivity index (χ0n) is 11.4. The molecule has 1 aromatic carbocycles. The average molecular weight is 258 g/mol. The summed E-state index contributed by atoms with van der Waals surface area (Å²) < 4.78 is 0. The molecular weight excluding hydrogens is 236 g/mol. The molecule has 1 amide bonds. The van der Waals surface area contributed by atoms with Crippen molar-refractivity contribution in [2.75, 3.05) is 18.0 Å². The van der Waals surface area contributed by atoms with Crippen LogP contribution in [0.5, 0.6) is 0 Å². The molecular formula is C16H22N2O. The maximum Gasteiger partial charge on any atom is 0.228 e. The molecule has 0 atom stereocenters. The van der Waals surface area contributed by atoms with E-state index in [-0.39, 0.29) is 5.91 Å². The highest BCUT2D eigenvalue weighted by atomic mass is 16.2. The van der Waals surface area contributed by atoms with E-state index < -0.39 is 0 Å². The van der Waals surface area contributed by atoms with Crippen molar-refractivity contribution >= 4 is 11.6 Å². The standard InChI is InChI=1S/C16H22N2O/c19-16(9-11-17-14-6-2-3-7-14)18-12-10-13-5-1-4-8-15(13)18/h1,4-5,8,14,17H,2-3,6-7,9-12H2. The fraction of sp³-hybridized carbons (Fsp3) is 0.562. The van der Waals surface area contributed by atoms with Crippen LogP contribution < -0.4 is 10.2 Å². The number of benzene rings is 1. The van der Waals surface area contributed by atoms with Gasteiger partial charge in [-0.1, -0.05) is 31.0 Å². The largest absolute Gasteiger partial charge is 0.313 e. The van der Waals surface area contributed by atoms with Gasteiger partial charge in [0.15, 0.2) is 0 Å². The third kappa shape index (κ3) is 2.81. The SMILES string of the molecule is O=C(CCNC1CCCC1)N1CCc2ccccc21. The van der Waals surface area contributed by atoms with Crippen molar-refractivity contribution in [1.29, 1.82) is 0 Å². The molecule has 1 aliphatic heterocycles. The van der Waals surface area contributed by atoms with Gasteiger partial charge in [-0.2, -0.15) is 0 Å². The van der Waals surface area contributed by atoms with E-state index in [1.165, 1.54) is 31.2 Å². The number of para-hydroxylation sites is 1. The van der Waals surface area contributed by atoms with E-state index in [1.807, 2.05) is 11.0 Å². The summed E-state index contributed by atoms with van der Waals surface area (Å²) in [6, 6.07) is 8.90. The summed E-state index contributed by atoms with van der Waals surface area (Å²) in [6.07, 6.45) is 6.85. The molecule has 1 saturated carbocycles. The zero-order chi connectivity index (χ0) is 13.1. The van der Waals surface area contributed by atoms with Crippen LogP contribution in [0.25, 0.3) is 0 Å². The van der Waals surface area contributed by atoms with Gasteiger partial charge >= 0.3 is 0 Å². The van der Waals surface area contributed by atoms with Gasteiger partial charge in [-0.3, -0.25) is 4.79 Å². The Morgan fingerprint density at radius 2 is 2.05 bits per heavy atom. The molecule has 19 heavy (non-hydrogen) atoms. The second-order valence-electron chi connectivity index (χ2n) is 5.61. The van der Waals surface area contributed by atoms with Crippen LogP contribution in [0.2, 0.25) is 0 Å². The first-order valence-electron chi connectivity index (χ1n) is 7.46. The highest BCUT2D eigenvalue weighted by Gasteiger charge is 2.23. The van der Waals surface area contributed by atoms with Gasteiger partial charge in [0, 0.05) is 31.2 Å². The van der Waals surface area contributed by atoms with Crippen molar-refractivity contribution in [3.8, 4) is 0 Å². The Hall–Kier alpha value is -1.35. The van der Waals surface area contributed by atoms with Gasteiger partial charge in [-0.15, -0.1) is 0 Å². The van der Waals surface area contributed by atoms with Gasteiger partial charge in [0.05, 0.1) is 0 Å². The first kappa shape index (κ1) is 12.7. The summed E-state index contributed by atoms with van der Waals surface area (Å²) in [4.78, 5) is 14.2. The molecule has 3 rings (SSSR count). The van der Waals surface area contributed by atoms with E-state index in [2.05, 4.69) is 23.5 Å². The van der Waals surface area contributed by atoms with Crippen LogP contribution in [-0.2, 0) is 11.2 Å². The number of hydrogen-bond acceptors (Lipinski definition) is 2. The van der Waals surface area contributed by atoms with Gasteiger partial charge in [0.2, 0.25) is 5.91 Å². The van der Waals surface area contributed by atoms with E-state index >= 15 is 0 Å². The minimum absolute atomic E-state index is 0.260. The number of nitrogens with zero attached hydrogens (tertiary/aromatic N) is 1. The van der Waals surface area contributed by atoms with Gasteiger partial charge in [-0.05, 0) is 30.9 Å². The van der Waals surface area contributed by atoms with E-state index in [9.17, 15) is 4.79 Å². The highest BCUT2D eigenvalue weighted by molar-refractivity contribution is 5.95. The number of nitrogens with one attached hydrogen (secondary N) is 1. The fourth-order valence-electron chi connectivity index (χ4n) is 3.25. The molecule has 1 aliphatic carbocycles. The normalized spacial score (nSPS) is 18.8. The Kier molecular flexibility index (Phi) is 3.83. The fourth-order valence-corrected chi connectivity index (χ4v) is 3.25. The van der Waals surface area contributed by atoms with Crippen molar-refractivity contribution in [1.82, 2.24) is 5.32 Å². The number of carbonyl (C=O) groups is 1. The molecule has 1 heterocycles. The Labute approximate surface area is 115 Å². The lowest BCUT2D eigenvalue weighted by molar-refractivity contribution is -0.118. The molecule has 0 aromatic heterocycles. The number of hydrogen-bond donors (Lipinski definition) is 1. The minimum atomic E-state index is 0.260. The Morgan fingerprint density at radius 3 is 2.89 bits per heavy atom. The third-order valence-corrected chi connectivity index (χ3v) is 4.32. The second-order valence-corrected chi connectivity index (χ2v) is 5.61. The lowest BCUT2D eigenvalue weighted by Crippen LogP contribution is -2.34. The molecule has 0 radical (unpaired) electrons. The van der Waals surface area contributed by atoms with E-state index in [4.69, 9.17) is 0 Å². The molecule has 1 N–H and O–H groups in total. The molecule has 1 aromatic rings. The molecule has 2 aliphatic rings. The predicted octanol–water partition coefficient (Wildman–Crippen LogP) is 2.50. The van der Waals surface area contributed by atoms with Crippen LogP contribution in [0.1, 0.15) is 37.7 Å². The monoisotopic (exact) mass is 258 g/mol. The second kappa shape index (κ2) is 5.74. The van der Waals surface area contributed by atoms with Crippen LogP contribution in [0.4, 0.5) is 5.69 Å². The summed E-state index contributed by atoms with van der Waals surface area (Å²) in [7, 11) is 0. The maximum atomic E-state index is 12.3. The van der Waals surface area contributed by atoms with Gasteiger partial charge in [0.1, 0.15) is 0 Å². The summed E-state index contributed by atoms with van der Waals surface area (Å²) in [5, 5.41) is 3.51. The zero-order valence-corrected chi connectivity index (χ0v) is 11.4. The highest BCUT2D eigenvalue weighted by Crippen LogP contribution is 2.27. The average Bonchev–Trinajstić information content (AvgIpc) is 3.07. The number of amides is 1. The van der Waals surface area contributed by atoms with Crippen LogP contribution in [0.15, 0.2) is 24.3 Å². The van der Waals surface area contributed by atoms with Crippen molar-refractivity contribution in [3.05, 3.63) is 29.8 Å². The maximum absolute atomic E-state index is 12.3. The van der Waals surface area contributed by atoms with Gasteiger partial charge < -0.3 is 10.2 Å². The van der Waals surface area contributed by atoms with Crippen LogP contribution >= 0.6 is 0 Å². The molecule has 102 valence electrons. The van der Waals surface area contributed by atoms with E-state index in [0.717, 1.165) is 25.2 Å². The van der Waals surface area contributed by atoms with Crippen LogP contribution in [0.3, 0.4) is 0 Å². The molecule has 0 spiro atoms. The Balaban J connectivity index is 1.51. The van der Waals surface area contributed by atoms with Gasteiger partial charge in [0.25, 0.3) is 0 Å². The van der Waals surface area contributed by atoms with Crippen molar-refractivity contribution < 1.29 is 4.79 Å². The van der Waals surface area contributed by atoms with Crippen molar-refractivity contribution in [2.24, 2.45) is 0 Å². The Morgan fingerprint density at radius 1 is 1.26 bits per heavy atom. The lowest BCUT2D eigenvalue weighted by Gasteiger charge is -2.18. The first-order chi connectivity index (χ1) is 9.34. The van der Waals surface area contributed by atoms with Crippen molar-refractivity contribution in [2.45, 2.75) is 44.6 Å². The first-order valence-corrected chi connectivity index (χ1v) is 7.46. The number of carbonyl (C=O) groups excluding carboxylic acids is 1.